The molecule has 0 bridgehead atoms. The largest absolute Gasteiger partial charge is 0.0776 e. The van der Waals surface area contributed by atoms with Crippen LogP contribution in [-0.2, 0) is 0 Å². The molecule has 0 unspecified atom stereocenters. The van der Waals surface area contributed by atoms with Gasteiger partial charge in [-0.25, -0.2) is 0 Å². The molecule has 0 saturated carbocycles. The summed E-state index contributed by atoms with van der Waals surface area (Å²) in [5, 5.41) is 0. The number of hydrogen-bond donors (Lipinski definition) is 0. The molecule has 0 rings (SSSR count). The van der Waals surface area contributed by atoms with E-state index in [1.807, 2.05) is 0 Å². The third kappa shape index (κ3) is 8.22. The SMILES string of the molecule is C.C.CC[Si](C)(C)CC. The summed E-state index contributed by atoms with van der Waals surface area (Å²) in [6, 6.07) is 2.87. The molecule has 0 aliphatic rings. The van der Waals surface area contributed by atoms with Crippen molar-refractivity contribution in [2.75, 3.05) is 0 Å². The van der Waals surface area contributed by atoms with Gasteiger partial charge in [0, 0.05) is 8.07 Å². The topological polar surface area (TPSA) is 0 Å². The Hall–Kier alpha value is 0.217. The highest BCUT2D eigenvalue weighted by Crippen LogP contribution is 2.12. The molecule has 0 amide bonds. The predicted octanol–water partition coefficient (Wildman–Crippen LogP) is 4.01. The maximum Gasteiger partial charge on any atom is 0.0468 e. The van der Waals surface area contributed by atoms with E-state index in [0.29, 0.717) is 0 Å². The molecule has 0 aromatic rings. The molecule has 0 radical (unpaired) electrons. The first-order valence-corrected chi connectivity index (χ1v) is 6.54. The van der Waals surface area contributed by atoms with Crippen LogP contribution in [0.4, 0.5) is 0 Å². The first-order valence-electron chi connectivity index (χ1n) is 3.12. The molecule has 0 spiro atoms. The Labute approximate surface area is 62.7 Å². The molecule has 60 valence electrons. The van der Waals surface area contributed by atoms with Gasteiger partial charge in [0.2, 0.25) is 0 Å². The average Bonchev–Trinajstić information content (AvgIpc) is 1.68. The van der Waals surface area contributed by atoms with Crippen molar-refractivity contribution in [3.8, 4) is 0 Å². The van der Waals surface area contributed by atoms with Crippen LogP contribution in [-0.4, -0.2) is 8.07 Å². The van der Waals surface area contributed by atoms with Crippen LogP contribution in [0.25, 0.3) is 0 Å². The summed E-state index contributed by atoms with van der Waals surface area (Å²) >= 11 is 0. The maximum atomic E-state index is 2.44. The van der Waals surface area contributed by atoms with Crippen LogP contribution in [0.3, 0.4) is 0 Å². The van der Waals surface area contributed by atoms with Crippen molar-refractivity contribution in [3.05, 3.63) is 0 Å². The quantitative estimate of drug-likeness (QED) is 0.519. The van der Waals surface area contributed by atoms with Crippen LogP contribution in [0, 0.1) is 0 Å². The summed E-state index contributed by atoms with van der Waals surface area (Å²) in [5.41, 5.74) is 0. The minimum absolute atomic E-state index is 0. The Bertz CT molecular complexity index is 42.5. The normalized spacial score (nSPS) is 9.33. The van der Waals surface area contributed by atoms with E-state index in [1.54, 1.807) is 0 Å². The van der Waals surface area contributed by atoms with Crippen LogP contribution < -0.4 is 0 Å². The Morgan fingerprint density at radius 2 is 1.11 bits per heavy atom. The van der Waals surface area contributed by atoms with Crippen LogP contribution in [0.5, 0.6) is 0 Å². The van der Waals surface area contributed by atoms with Gasteiger partial charge >= 0.3 is 0 Å². The van der Waals surface area contributed by atoms with Gasteiger partial charge < -0.3 is 0 Å². The Kier molecular flexibility index (Phi) is 11.3. The highest BCUT2D eigenvalue weighted by molar-refractivity contribution is 6.77. The molecule has 0 N–H and O–H groups in total. The Balaban J connectivity index is -0.000000180. The highest BCUT2D eigenvalue weighted by atomic mass is 28.3. The predicted molar refractivity (Wildman–Crippen MR) is 51.9 cm³/mol. The molecule has 0 atom stereocenters. The second-order valence-corrected chi connectivity index (χ2v) is 8.61. The smallest absolute Gasteiger partial charge is 0.0468 e. The van der Waals surface area contributed by atoms with E-state index in [0.717, 1.165) is 0 Å². The van der Waals surface area contributed by atoms with Gasteiger partial charge in [0.15, 0.2) is 0 Å². The summed E-state index contributed by atoms with van der Waals surface area (Å²) in [5.74, 6) is 0. The van der Waals surface area contributed by atoms with Crippen molar-refractivity contribution in [1.82, 2.24) is 0 Å². The summed E-state index contributed by atoms with van der Waals surface area (Å²) < 4.78 is 0. The maximum absolute atomic E-state index is 2.44. The van der Waals surface area contributed by atoms with Crippen LogP contribution in [0.1, 0.15) is 28.7 Å². The minimum atomic E-state index is -0.651. The van der Waals surface area contributed by atoms with Gasteiger partial charge in [-0.05, 0) is 0 Å². The van der Waals surface area contributed by atoms with E-state index in [-0.39, 0.29) is 14.9 Å². The van der Waals surface area contributed by atoms with Crippen LogP contribution in [0.2, 0.25) is 25.2 Å². The van der Waals surface area contributed by atoms with Crippen molar-refractivity contribution < 1.29 is 0 Å². The molecule has 0 fully saturated rings. The zero-order valence-corrected chi connectivity index (χ0v) is 6.91. The van der Waals surface area contributed by atoms with E-state index in [4.69, 9.17) is 0 Å². The molecule has 0 aromatic carbocycles. The Morgan fingerprint density at radius 3 is 1.11 bits per heavy atom. The fourth-order valence-corrected chi connectivity index (χ4v) is 0.750. The summed E-state index contributed by atoms with van der Waals surface area (Å²) in [6.45, 7) is 9.48. The molecule has 0 aromatic heterocycles. The van der Waals surface area contributed by atoms with E-state index in [1.165, 1.54) is 12.1 Å². The van der Waals surface area contributed by atoms with E-state index >= 15 is 0 Å². The van der Waals surface area contributed by atoms with Crippen molar-refractivity contribution in [2.24, 2.45) is 0 Å². The van der Waals surface area contributed by atoms with Gasteiger partial charge in [-0.15, -0.1) is 0 Å². The minimum Gasteiger partial charge on any atom is -0.0776 e. The fourth-order valence-electron chi connectivity index (χ4n) is 0.250. The van der Waals surface area contributed by atoms with Crippen molar-refractivity contribution >= 4 is 8.07 Å². The molecule has 0 aliphatic carbocycles. The van der Waals surface area contributed by atoms with Crippen LogP contribution >= 0.6 is 0 Å². The third-order valence-electron chi connectivity index (χ3n) is 1.91. The van der Waals surface area contributed by atoms with Gasteiger partial charge in [-0.3, -0.25) is 0 Å². The summed E-state index contributed by atoms with van der Waals surface area (Å²) in [7, 11) is -0.651. The number of hydrogen-bond acceptors (Lipinski definition) is 0. The first-order chi connectivity index (χ1) is 3.12. The molecular weight excluding hydrogens is 124 g/mol. The molecule has 0 nitrogen and oxygen atoms in total. The van der Waals surface area contributed by atoms with E-state index in [2.05, 4.69) is 26.9 Å². The fraction of sp³-hybridized carbons (Fsp3) is 1.00. The lowest BCUT2D eigenvalue weighted by atomic mass is 10.9. The van der Waals surface area contributed by atoms with Crippen molar-refractivity contribution in [2.45, 2.75) is 53.9 Å². The lowest BCUT2D eigenvalue weighted by molar-refractivity contribution is 1.25. The highest BCUT2D eigenvalue weighted by Gasteiger charge is 2.12. The summed E-state index contributed by atoms with van der Waals surface area (Å²) in [6.07, 6.45) is 0. The van der Waals surface area contributed by atoms with E-state index in [9.17, 15) is 0 Å². The monoisotopic (exact) mass is 148 g/mol. The second kappa shape index (κ2) is 6.34. The molecule has 1 heteroatoms. The lowest BCUT2D eigenvalue weighted by Crippen LogP contribution is -2.21. The lowest BCUT2D eigenvalue weighted by Gasteiger charge is -2.15. The zero-order chi connectivity index (χ0) is 5.91. The molecule has 0 aliphatic heterocycles. The number of rotatable bonds is 2. The molecule has 0 saturated heterocycles. The van der Waals surface area contributed by atoms with Gasteiger partial charge in [-0.2, -0.15) is 0 Å². The van der Waals surface area contributed by atoms with Crippen molar-refractivity contribution in [3.63, 3.8) is 0 Å². The summed E-state index contributed by atoms with van der Waals surface area (Å²) in [4.78, 5) is 0. The van der Waals surface area contributed by atoms with Gasteiger partial charge in [-0.1, -0.05) is 53.9 Å². The van der Waals surface area contributed by atoms with Gasteiger partial charge in [0.1, 0.15) is 0 Å². The first kappa shape index (κ1) is 16.1. The van der Waals surface area contributed by atoms with Gasteiger partial charge in [0.25, 0.3) is 0 Å². The molecule has 9 heavy (non-hydrogen) atoms. The standard InChI is InChI=1S/C6H16Si.2CH4/c1-5-7(3,4)6-2;;/h5-6H2,1-4H3;2*1H4. The Morgan fingerprint density at radius 1 is 0.889 bits per heavy atom. The second-order valence-electron chi connectivity index (χ2n) is 2.87. The van der Waals surface area contributed by atoms with E-state index < -0.39 is 8.07 Å². The third-order valence-corrected chi connectivity index (χ3v) is 5.74. The zero-order valence-electron chi connectivity index (χ0n) is 5.91. The van der Waals surface area contributed by atoms with Crippen LogP contribution in [0.15, 0.2) is 0 Å². The van der Waals surface area contributed by atoms with Crippen molar-refractivity contribution in [1.29, 1.82) is 0 Å². The van der Waals surface area contributed by atoms with Gasteiger partial charge in [0.05, 0.1) is 0 Å². The average molecular weight is 148 g/mol. The molecule has 0 heterocycles. The molecular formula is C8H24Si.